The van der Waals surface area contributed by atoms with Crippen LogP contribution < -0.4 is 24.7 Å². The first-order chi connectivity index (χ1) is 51.5. The molecule has 0 unspecified atom stereocenters. The fourth-order valence-corrected chi connectivity index (χ4v) is 11.2. The Morgan fingerprint density at radius 3 is 0.981 bits per heavy atom. The lowest BCUT2D eigenvalue weighted by Gasteiger charge is -2.19. The molecule has 2 N–H and O–H groups in total. The number of nitrogens with zero attached hydrogens (tertiary/aromatic N) is 9. The molecular weight excluding hydrogens is 1310 g/mol. The summed E-state index contributed by atoms with van der Waals surface area (Å²) in [5, 5.41) is 0. The van der Waals surface area contributed by atoms with Crippen molar-refractivity contribution in [3.05, 3.63) is 372 Å². The normalized spacial score (nSPS) is 10.9. The van der Waals surface area contributed by atoms with Crippen LogP contribution in [-0.2, 0) is 62.2 Å². The van der Waals surface area contributed by atoms with Gasteiger partial charge in [0, 0.05) is 98.6 Å². The van der Waals surface area contributed by atoms with Crippen molar-refractivity contribution >= 4 is 5.95 Å². The lowest BCUT2D eigenvalue weighted by atomic mass is 9.87. The van der Waals surface area contributed by atoms with Gasteiger partial charge in [-0.25, -0.2) is 29.9 Å². The van der Waals surface area contributed by atoms with Crippen molar-refractivity contribution in [1.29, 1.82) is 0 Å². The fourth-order valence-electron chi connectivity index (χ4n) is 11.2. The zero-order chi connectivity index (χ0) is 73.8. The van der Waals surface area contributed by atoms with Crippen LogP contribution in [0.5, 0.6) is 46.5 Å². The molecule has 0 radical (unpaired) electrons. The van der Waals surface area contributed by atoms with E-state index in [2.05, 4.69) is 190 Å². The minimum absolute atomic E-state index is 0.133. The fraction of sp³-hybridized carbons (Fsp3) is 0.185. The largest absolute Gasteiger partial charge is 0.439 e. The highest BCUT2D eigenvalue weighted by molar-refractivity contribution is 5.65. The van der Waals surface area contributed by atoms with Crippen LogP contribution in [0.4, 0.5) is 5.95 Å². The van der Waals surface area contributed by atoms with Crippen molar-refractivity contribution in [2.45, 2.75) is 111 Å². The average molecular weight is 1400 g/mol. The quantitative estimate of drug-likeness (QED) is 0.0677. The topological polar surface area (TPSA) is 179 Å². The van der Waals surface area contributed by atoms with Crippen LogP contribution in [0.25, 0.3) is 22.3 Å². The molecule has 0 saturated carbocycles. The zero-order valence-electron chi connectivity index (χ0n) is 61.3. The van der Waals surface area contributed by atoms with Crippen molar-refractivity contribution in [3.63, 3.8) is 0 Å². The molecule has 14 heteroatoms. The Kier molecular flexibility index (Phi) is 26.5. The van der Waals surface area contributed by atoms with E-state index in [9.17, 15) is 0 Å². The van der Waals surface area contributed by atoms with Gasteiger partial charge in [-0.15, -0.1) is 0 Å². The van der Waals surface area contributed by atoms with Crippen molar-refractivity contribution in [2.24, 2.45) is 0 Å². The molecule has 106 heavy (non-hydrogen) atoms. The number of anilines is 1. The molecule has 0 bridgehead atoms. The third kappa shape index (κ3) is 24.0. The molecule has 0 aliphatic carbocycles. The van der Waals surface area contributed by atoms with E-state index in [1.165, 1.54) is 72.3 Å². The second-order valence-electron chi connectivity index (χ2n) is 27.7. The lowest BCUT2D eigenvalue weighted by Crippen LogP contribution is -2.10. The van der Waals surface area contributed by atoms with Crippen LogP contribution in [-0.4, -0.2) is 44.9 Å². The summed E-state index contributed by atoms with van der Waals surface area (Å²) in [7, 11) is 0. The molecule has 0 amide bonds. The van der Waals surface area contributed by atoms with E-state index in [0.29, 0.717) is 29.5 Å². The van der Waals surface area contributed by atoms with Gasteiger partial charge in [0.2, 0.25) is 29.5 Å². The molecule has 8 aromatic heterocycles. The number of rotatable bonds is 22. The van der Waals surface area contributed by atoms with E-state index in [1.807, 2.05) is 189 Å². The highest BCUT2D eigenvalue weighted by Crippen LogP contribution is 2.31. The summed E-state index contributed by atoms with van der Waals surface area (Å²) < 4.78 is 23.5. The molecule has 0 aliphatic heterocycles. The number of hydrogen-bond donors (Lipinski definition) is 1. The second kappa shape index (κ2) is 37.6. The van der Waals surface area contributed by atoms with Gasteiger partial charge < -0.3 is 24.7 Å². The number of benzene rings is 6. The van der Waals surface area contributed by atoms with Gasteiger partial charge in [-0.05, 0) is 225 Å². The van der Waals surface area contributed by atoms with E-state index in [0.717, 1.165) is 85.5 Å². The maximum atomic E-state index is 5.95. The first kappa shape index (κ1) is 74.6. The monoisotopic (exact) mass is 1400 g/mol. The molecular formula is C92H90N10O4. The first-order valence-electron chi connectivity index (χ1n) is 35.8. The van der Waals surface area contributed by atoms with Crippen LogP contribution in [0.3, 0.4) is 0 Å². The molecule has 14 aromatic rings. The summed E-state index contributed by atoms with van der Waals surface area (Å²) in [6, 6.07) is 79.3. The second-order valence-corrected chi connectivity index (χ2v) is 27.7. The molecule has 0 saturated heterocycles. The number of nitrogen functional groups attached to an aromatic ring is 1. The van der Waals surface area contributed by atoms with E-state index in [1.54, 1.807) is 24.8 Å². The Morgan fingerprint density at radius 2 is 0.613 bits per heavy atom. The molecule has 532 valence electrons. The Bertz CT molecular complexity index is 4880. The number of pyridine rings is 7. The Labute approximate surface area is 623 Å². The highest BCUT2D eigenvalue weighted by Gasteiger charge is 2.16. The standard InChI is InChI=1S/C25H22N2O.C24H20N2O.C22H24N2O.C21H24N4O/c1-19-16-25(27-18-23(19)10-9-20-6-5-15-26-17-20)28-24-13-11-22(12-14-24)21-7-3-2-4-8-21;1-2-6-21(7-3-1)22-11-13-23(14-12-22)27-24-15-10-20(18-26-24)9-8-19-5-4-16-25-17-19;1-22(2,3)19-7-9-20(10-8-19)25-21-11-6-18(16-24-21)5-4-17-12-14-23-15-13-17;1-21(2,3)17-7-9-18(10-8-17)26-19-11-6-15(12-23-19)4-5-16-13-24-20(22)25-14-16/h2-8,11-18H,9-10H2,1H3;1-7,10-18H,8-9H2;6-16H,4-5H2,1-3H3;6-14H,4-5H2,1-3H3,(H2,22,24,25). The van der Waals surface area contributed by atoms with Crippen LogP contribution in [0.2, 0.25) is 0 Å². The van der Waals surface area contributed by atoms with Crippen LogP contribution in [0, 0.1) is 6.92 Å². The van der Waals surface area contributed by atoms with Crippen LogP contribution >= 0.6 is 0 Å². The van der Waals surface area contributed by atoms with Gasteiger partial charge in [0.15, 0.2) is 0 Å². The summed E-state index contributed by atoms with van der Waals surface area (Å²) in [6.45, 7) is 15.3. The van der Waals surface area contributed by atoms with Gasteiger partial charge in [-0.3, -0.25) is 15.0 Å². The van der Waals surface area contributed by atoms with Crippen LogP contribution in [0.1, 0.15) is 103 Å². The van der Waals surface area contributed by atoms with E-state index < -0.39 is 0 Å². The third-order valence-electron chi connectivity index (χ3n) is 17.6. The predicted molar refractivity (Wildman–Crippen MR) is 425 cm³/mol. The van der Waals surface area contributed by atoms with Crippen molar-refractivity contribution < 1.29 is 18.9 Å². The molecule has 8 heterocycles. The van der Waals surface area contributed by atoms with Crippen LogP contribution in [0.15, 0.2) is 311 Å². The van der Waals surface area contributed by atoms with Gasteiger partial charge in [-0.2, -0.15) is 0 Å². The minimum atomic E-state index is 0.133. The summed E-state index contributed by atoms with van der Waals surface area (Å²) in [6.07, 6.45) is 29.6. The van der Waals surface area contributed by atoms with Crippen molar-refractivity contribution in [2.75, 3.05) is 5.73 Å². The zero-order valence-corrected chi connectivity index (χ0v) is 61.3. The summed E-state index contributed by atoms with van der Waals surface area (Å²) in [5.74, 6) is 5.90. The average Bonchev–Trinajstić information content (AvgIpc) is 0.861. The highest BCUT2D eigenvalue weighted by atomic mass is 16.5. The molecule has 14 nitrogen and oxygen atoms in total. The van der Waals surface area contributed by atoms with Gasteiger partial charge in [0.1, 0.15) is 23.0 Å². The Balaban J connectivity index is 0.000000141. The summed E-state index contributed by atoms with van der Waals surface area (Å²) >= 11 is 0. The predicted octanol–water partition coefficient (Wildman–Crippen LogP) is 21.4. The number of aryl methyl sites for hydroxylation is 9. The number of ether oxygens (including phenoxy) is 4. The van der Waals surface area contributed by atoms with E-state index >= 15 is 0 Å². The number of aromatic nitrogens is 9. The SMILES string of the molecule is CC(C)(C)c1ccc(Oc2ccc(CCc3ccncc3)cn2)cc1.CC(C)(C)c1ccc(Oc2ccc(CCc3cnc(N)nc3)cn2)cc1.Cc1cc(Oc2ccc(-c3ccccc3)cc2)ncc1CCc1cccnc1.c1ccc(-c2ccc(Oc3ccc(CCc4cccnc4)cn3)cc2)cc1. The minimum Gasteiger partial charge on any atom is -0.439 e. The molecule has 6 aromatic carbocycles. The molecule has 0 fully saturated rings. The van der Waals surface area contributed by atoms with Gasteiger partial charge in [0.05, 0.1) is 0 Å². The molecule has 0 atom stereocenters. The van der Waals surface area contributed by atoms with Gasteiger partial charge in [0.25, 0.3) is 0 Å². The summed E-state index contributed by atoms with van der Waals surface area (Å²) in [5.41, 5.74) is 23.8. The maximum absolute atomic E-state index is 5.95. The Morgan fingerprint density at radius 1 is 0.274 bits per heavy atom. The molecule has 0 aliphatic rings. The van der Waals surface area contributed by atoms with Gasteiger partial charge in [-0.1, -0.05) is 181 Å². The first-order valence-corrected chi connectivity index (χ1v) is 35.8. The maximum Gasteiger partial charge on any atom is 0.219 e. The summed E-state index contributed by atoms with van der Waals surface area (Å²) in [4.78, 5) is 38.1. The number of nitrogens with two attached hydrogens (primary N) is 1. The molecule has 14 rings (SSSR count). The third-order valence-corrected chi connectivity index (χ3v) is 17.6. The van der Waals surface area contributed by atoms with Crippen molar-refractivity contribution in [3.8, 4) is 68.8 Å². The lowest BCUT2D eigenvalue weighted by molar-refractivity contribution is 0.461. The van der Waals surface area contributed by atoms with Crippen molar-refractivity contribution in [1.82, 2.24) is 44.9 Å². The van der Waals surface area contributed by atoms with E-state index in [4.69, 9.17) is 24.7 Å². The van der Waals surface area contributed by atoms with Gasteiger partial charge >= 0.3 is 0 Å². The number of hydrogen-bond acceptors (Lipinski definition) is 14. The Hall–Kier alpha value is -12.6. The molecule has 0 spiro atoms. The van der Waals surface area contributed by atoms with E-state index in [-0.39, 0.29) is 10.8 Å². The smallest absolute Gasteiger partial charge is 0.219 e.